The number of nitrogens with zero attached hydrogens (tertiary/aromatic N) is 1. The van der Waals surface area contributed by atoms with Crippen molar-refractivity contribution in [3.05, 3.63) is 65.7 Å². The van der Waals surface area contributed by atoms with Crippen LogP contribution in [0.1, 0.15) is 42.6 Å². The van der Waals surface area contributed by atoms with E-state index in [-0.39, 0.29) is 23.8 Å². The predicted octanol–water partition coefficient (Wildman–Crippen LogP) is 3.69. The zero-order valence-electron chi connectivity index (χ0n) is 18.6. The standard InChI is InChI=1S/C25H33N3O3/c1-18(2)22(17-28(3)16-19-9-5-4-6-10-19)27-24(29)20-11-7-12-21(15-20)26-25(30)23-13-8-14-31-23/h4-7,9-12,15,18,22-23H,8,13-14,16-17H2,1-3H3,(H,26,30)(H,27,29)/t22-,23+/m1/s1. The lowest BCUT2D eigenvalue weighted by molar-refractivity contribution is -0.124. The van der Waals surface area contributed by atoms with Crippen LogP contribution >= 0.6 is 0 Å². The number of anilines is 1. The summed E-state index contributed by atoms with van der Waals surface area (Å²) < 4.78 is 5.43. The first-order chi connectivity index (χ1) is 14.9. The third kappa shape index (κ3) is 6.91. The van der Waals surface area contributed by atoms with Crippen molar-refractivity contribution in [3.63, 3.8) is 0 Å². The van der Waals surface area contributed by atoms with Crippen LogP contribution in [0.5, 0.6) is 0 Å². The lowest BCUT2D eigenvalue weighted by atomic mass is 10.0. The molecule has 0 saturated carbocycles. The van der Waals surface area contributed by atoms with E-state index in [4.69, 9.17) is 4.74 Å². The number of carbonyl (C=O) groups is 2. The molecule has 0 bridgehead atoms. The normalized spacial score (nSPS) is 17.0. The van der Waals surface area contributed by atoms with Crippen molar-refractivity contribution in [2.45, 2.75) is 45.4 Å². The van der Waals surface area contributed by atoms with Crippen molar-refractivity contribution < 1.29 is 14.3 Å². The maximum atomic E-state index is 12.9. The van der Waals surface area contributed by atoms with Gasteiger partial charge in [-0.2, -0.15) is 0 Å². The molecule has 2 aromatic rings. The summed E-state index contributed by atoms with van der Waals surface area (Å²) in [5.41, 5.74) is 2.38. The maximum Gasteiger partial charge on any atom is 0.253 e. The van der Waals surface area contributed by atoms with Crippen molar-refractivity contribution in [1.82, 2.24) is 10.2 Å². The molecule has 2 amide bonds. The SMILES string of the molecule is CC(C)[C@@H](CN(C)Cc1ccccc1)NC(=O)c1cccc(NC(=O)[C@@H]2CCCO2)c1. The topological polar surface area (TPSA) is 70.7 Å². The smallest absolute Gasteiger partial charge is 0.253 e. The van der Waals surface area contributed by atoms with Gasteiger partial charge in [-0.3, -0.25) is 9.59 Å². The lowest BCUT2D eigenvalue weighted by Gasteiger charge is -2.28. The van der Waals surface area contributed by atoms with Crippen molar-refractivity contribution >= 4 is 17.5 Å². The van der Waals surface area contributed by atoms with Crippen LogP contribution in [-0.2, 0) is 16.1 Å². The second kappa shape index (κ2) is 11.1. The quantitative estimate of drug-likeness (QED) is 0.645. The number of likely N-dealkylation sites (N-methyl/N-ethyl adjacent to an activating group) is 1. The lowest BCUT2D eigenvalue weighted by Crippen LogP contribution is -2.45. The van der Waals surface area contributed by atoms with Crippen LogP contribution in [0.2, 0.25) is 0 Å². The van der Waals surface area contributed by atoms with E-state index in [1.807, 2.05) is 18.2 Å². The largest absolute Gasteiger partial charge is 0.368 e. The van der Waals surface area contributed by atoms with E-state index in [2.05, 4.69) is 48.6 Å². The highest BCUT2D eigenvalue weighted by atomic mass is 16.5. The van der Waals surface area contributed by atoms with Gasteiger partial charge in [0.15, 0.2) is 0 Å². The molecule has 2 atom stereocenters. The molecule has 3 rings (SSSR count). The van der Waals surface area contributed by atoms with Crippen LogP contribution in [0.3, 0.4) is 0 Å². The molecular formula is C25H33N3O3. The van der Waals surface area contributed by atoms with Gasteiger partial charge < -0.3 is 20.3 Å². The van der Waals surface area contributed by atoms with Gasteiger partial charge in [0.25, 0.3) is 11.8 Å². The number of hydrogen-bond donors (Lipinski definition) is 2. The maximum absolute atomic E-state index is 12.9. The van der Waals surface area contributed by atoms with Crippen LogP contribution in [0.4, 0.5) is 5.69 Å². The highest BCUT2D eigenvalue weighted by Crippen LogP contribution is 2.17. The number of benzene rings is 2. The van der Waals surface area contributed by atoms with E-state index < -0.39 is 6.10 Å². The first kappa shape index (κ1) is 23.0. The summed E-state index contributed by atoms with van der Waals surface area (Å²) in [4.78, 5) is 27.4. The Balaban J connectivity index is 1.59. The molecule has 0 aromatic heterocycles. The molecule has 0 unspecified atom stereocenters. The molecule has 0 aliphatic carbocycles. The highest BCUT2D eigenvalue weighted by Gasteiger charge is 2.24. The van der Waals surface area contributed by atoms with Gasteiger partial charge in [0.1, 0.15) is 6.10 Å². The second-order valence-corrected chi connectivity index (χ2v) is 8.58. The molecule has 6 heteroatoms. The highest BCUT2D eigenvalue weighted by molar-refractivity contribution is 5.98. The Bertz CT molecular complexity index is 863. The van der Waals surface area contributed by atoms with E-state index in [9.17, 15) is 9.59 Å². The number of rotatable bonds is 9. The molecule has 1 fully saturated rings. The fourth-order valence-electron chi connectivity index (χ4n) is 3.72. The van der Waals surface area contributed by atoms with Crippen molar-refractivity contribution in [2.75, 3.05) is 25.5 Å². The molecule has 0 spiro atoms. The summed E-state index contributed by atoms with van der Waals surface area (Å²) >= 11 is 0. The number of amides is 2. The molecule has 2 aromatic carbocycles. The fourth-order valence-corrected chi connectivity index (χ4v) is 3.72. The molecule has 1 saturated heterocycles. The van der Waals surface area contributed by atoms with Gasteiger partial charge in [-0.1, -0.05) is 50.2 Å². The summed E-state index contributed by atoms with van der Waals surface area (Å²) in [6, 6.07) is 17.4. The Hall–Kier alpha value is -2.70. The Morgan fingerprint density at radius 3 is 2.58 bits per heavy atom. The summed E-state index contributed by atoms with van der Waals surface area (Å²) in [7, 11) is 2.07. The number of ether oxygens (including phenoxy) is 1. The fraction of sp³-hybridized carbons (Fsp3) is 0.440. The molecular weight excluding hydrogens is 390 g/mol. The van der Waals surface area contributed by atoms with E-state index in [1.165, 1.54) is 5.56 Å². The minimum Gasteiger partial charge on any atom is -0.368 e. The van der Waals surface area contributed by atoms with Crippen molar-refractivity contribution in [1.29, 1.82) is 0 Å². The van der Waals surface area contributed by atoms with Gasteiger partial charge in [-0.25, -0.2) is 0 Å². The Labute approximate surface area is 185 Å². The summed E-state index contributed by atoms with van der Waals surface area (Å²) in [6.45, 7) is 6.41. The Kier molecular flexibility index (Phi) is 8.20. The van der Waals surface area contributed by atoms with Gasteiger partial charge in [0.05, 0.1) is 0 Å². The second-order valence-electron chi connectivity index (χ2n) is 8.58. The van der Waals surface area contributed by atoms with Gasteiger partial charge in [0.2, 0.25) is 0 Å². The van der Waals surface area contributed by atoms with Gasteiger partial charge in [-0.05, 0) is 49.6 Å². The molecule has 1 aliphatic rings. The van der Waals surface area contributed by atoms with E-state index >= 15 is 0 Å². The first-order valence-electron chi connectivity index (χ1n) is 11.0. The molecule has 0 radical (unpaired) electrons. The predicted molar refractivity (Wildman–Crippen MR) is 123 cm³/mol. The Morgan fingerprint density at radius 2 is 1.90 bits per heavy atom. The molecule has 31 heavy (non-hydrogen) atoms. The summed E-state index contributed by atoms with van der Waals surface area (Å²) in [5, 5.41) is 6.03. The number of nitrogens with one attached hydrogen (secondary N) is 2. The van der Waals surface area contributed by atoms with E-state index in [0.717, 1.165) is 25.9 Å². The average Bonchev–Trinajstić information content (AvgIpc) is 3.29. The molecule has 2 N–H and O–H groups in total. The van der Waals surface area contributed by atoms with Crippen LogP contribution in [0.25, 0.3) is 0 Å². The minimum absolute atomic E-state index is 0.00588. The van der Waals surface area contributed by atoms with E-state index in [0.29, 0.717) is 17.9 Å². The molecule has 166 valence electrons. The minimum atomic E-state index is -0.400. The van der Waals surface area contributed by atoms with Gasteiger partial charge in [-0.15, -0.1) is 0 Å². The molecule has 1 heterocycles. The van der Waals surface area contributed by atoms with Crippen LogP contribution in [0.15, 0.2) is 54.6 Å². The molecule has 1 aliphatic heterocycles. The van der Waals surface area contributed by atoms with E-state index in [1.54, 1.807) is 24.3 Å². The Morgan fingerprint density at radius 1 is 1.13 bits per heavy atom. The number of carbonyl (C=O) groups excluding carboxylic acids is 2. The van der Waals surface area contributed by atoms with Gasteiger partial charge in [0, 0.05) is 37.0 Å². The van der Waals surface area contributed by atoms with Crippen molar-refractivity contribution in [2.24, 2.45) is 5.92 Å². The molecule has 6 nitrogen and oxygen atoms in total. The summed E-state index contributed by atoms with van der Waals surface area (Å²) in [6.07, 6.45) is 1.23. The van der Waals surface area contributed by atoms with Crippen LogP contribution < -0.4 is 10.6 Å². The van der Waals surface area contributed by atoms with Crippen LogP contribution in [0, 0.1) is 5.92 Å². The zero-order valence-corrected chi connectivity index (χ0v) is 18.6. The third-order valence-electron chi connectivity index (χ3n) is 5.54. The average molecular weight is 424 g/mol. The number of hydrogen-bond acceptors (Lipinski definition) is 4. The monoisotopic (exact) mass is 423 g/mol. The third-order valence-corrected chi connectivity index (χ3v) is 5.54. The first-order valence-corrected chi connectivity index (χ1v) is 11.0. The van der Waals surface area contributed by atoms with Crippen molar-refractivity contribution in [3.8, 4) is 0 Å². The summed E-state index contributed by atoms with van der Waals surface area (Å²) in [5.74, 6) is -0.0118. The van der Waals surface area contributed by atoms with Crippen LogP contribution in [-0.4, -0.2) is 49.1 Å². The zero-order chi connectivity index (χ0) is 22.2. The van der Waals surface area contributed by atoms with Gasteiger partial charge >= 0.3 is 0 Å².